The summed E-state index contributed by atoms with van der Waals surface area (Å²) in [7, 11) is 0. The molecule has 0 fully saturated rings. The van der Waals surface area contributed by atoms with Gasteiger partial charge in [0, 0.05) is 0 Å². The first-order valence-electron chi connectivity index (χ1n) is 4.53. The van der Waals surface area contributed by atoms with Gasteiger partial charge in [-0.1, -0.05) is 35.9 Å². The van der Waals surface area contributed by atoms with Crippen LogP contribution in [-0.4, -0.2) is 5.11 Å². The lowest BCUT2D eigenvalue weighted by atomic mass is 10.0. The number of aryl methyl sites for hydroxylation is 1. The van der Waals surface area contributed by atoms with E-state index in [-0.39, 0.29) is 5.75 Å². The van der Waals surface area contributed by atoms with Crippen LogP contribution in [0, 0.1) is 13.0 Å². The van der Waals surface area contributed by atoms with Crippen molar-refractivity contribution in [3.8, 4) is 16.9 Å². The summed E-state index contributed by atoms with van der Waals surface area (Å²) < 4.78 is 0. The van der Waals surface area contributed by atoms with Gasteiger partial charge >= 0.3 is 0 Å². The van der Waals surface area contributed by atoms with Crippen LogP contribution in [0.15, 0.2) is 42.5 Å². The molecule has 0 aliphatic heterocycles. The number of phenolic OH excluding ortho intramolecular Hbond substituents is 1. The van der Waals surface area contributed by atoms with E-state index in [1.54, 1.807) is 18.2 Å². The second-order valence-electron chi connectivity index (χ2n) is 3.33. The molecule has 2 aromatic rings. The van der Waals surface area contributed by atoms with E-state index in [1.807, 2.05) is 24.3 Å². The number of rotatable bonds is 1. The zero-order valence-corrected chi connectivity index (χ0v) is 7.99. The van der Waals surface area contributed by atoms with Gasteiger partial charge in [0.1, 0.15) is 5.75 Å². The highest BCUT2D eigenvalue weighted by atomic mass is 16.3. The normalized spacial score (nSPS) is 10.1. The highest BCUT2D eigenvalue weighted by molar-refractivity contribution is 5.64. The van der Waals surface area contributed by atoms with Gasteiger partial charge in [-0.3, -0.25) is 0 Å². The average molecular weight is 183 g/mol. The van der Waals surface area contributed by atoms with E-state index in [1.165, 1.54) is 5.56 Å². The van der Waals surface area contributed by atoms with E-state index >= 15 is 0 Å². The maximum Gasteiger partial charge on any atom is 0.116 e. The molecule has 0 bridgehead atoms. The molecule has 0 unspecified atom stereocenters. The molecule has 0 aliphatic rings. The van der Waals surface area contributed by atoms with Crippen LogP contribution >= 0.6 is 0 Å². The SMILES string of the molecule is Cc1ccc(-c2[c]ccc(O)c2)cc1. The fraction of sp³-hybridized carbons (Fsp3) is 0.0769. The predicted molar refractivity (Wildman–Crippen MR) is 57.1 cm³/mol. The fourth-order valence-electron chi connectivity index (χ4n) is 1.35. The standard InChI is InChI=1S/C13H11O/c1-10-5-7-11(8-6-10)12-3-2-4-13(14)9-12/h2,4-9,14H,1H3. The highest BCUT2D eigenvalue weighted by Crippen LogP contribution is 2.22. The number of hydrogen-bond donors (Lipinski definition) is 1. The minimum atomic E-state index is 0.277. The van der Waals surface area contributed by atoms with E-state index in [2.05, 4.69) is 13.0 Å². The van der Waals surface area contributed by atoms with Crippen molar-refractivity contribution in [3.63, 3.8) is 0 Å². The molecular formula is C13H11O. The summed E-state index contributed by atoms with van der Waals surface area (Å²) in [5, 5.41) is 9.31. The van der Waals surface area contributed by atoms with Crippen LogP contribution in [0.5, 0.6) is 5.75 Å². The van der Waals surface area contributed by atoms with Gasteiger partial charge in [-0.05, 0) is 36.2 Å². The number of aromatic hydroxyl groups is 1. The van der Waals surface area contributed by atoms with Crippen LogP contribution in [0.1, 0.15) is 5.56 Å². The first kappa shape index (κ1) is 8.82. The Kier molecular flexibility index (Phi) is 2.23. The molecule has 14 heavy (non-hydrogen) atoms. The summed E-state index contributed by atoms with van der Waals surface area (Å²) in [6.45, 7) is 2.05. The largest absolute Gasteiger partial charge is 0.508 e. The summed E-state index contributed by atoms with van der Waals surface area (Å²) in [5.41, 5.74) is 3.23. The van der Waals surface area contributed by atoms with Gasteiger partial charge in [-0.15, -0.1) is 0 Å². The molecule has 2 aromatic carbocycles. The Morgan fingerprint density at radius 1 is 1.07 bits per heavy atom. The summed E-state index contributed by atoms with van der Waals surface area (Å²) in [4.78, 5) is 0. The molecular weight excluding hydrogens is 172 g/mol. The van der Waals surface area contributed by atoms with Gasteiger partial charge in [0.05, 0.1) is 0 Å². The van der Waals surface area contributed by atoms with Gasteiger partial charge in [-0.25, -0.2) is 0 Å². The molecule has 1 nitrogen and oxygen atoms in total. The lowest BCUT2D eigenvalue weighted by Gasteiger charge is -2.01. The van der Waals surface area contributed by atoms with Crippen molar-refractivity contribution in [2.45, 2.75) is 6.92 Å². The van der Waals surface area contributed by atoms with Gasteiger partial charge in [0.25, 0.3) is 0 Å². The Hall–Kier alpha value is -1.76. The molecule has 2 rings (SSSR count). The third-order valence-corrected chi connectivity index (χ3v) is 2.15. The fourth-order valence-corrected chi connectivity index (χ4v) is 1.35. The third-order valence-electron chi connectivity index (χ3n) is 2.15. The molecule has 69 valence electrons. The Morgan fingerprint density at radius 3 is 2.43 bits per heavy atom. The second kappa shape index (κ2) is 3.54. The van der Waals surface area contributed by atoms with Crippen LogP contribution in [0.3, 0.4) is 0 Å². The average Bonchev–Trinajstić information content (AvgIpc) is 2.19. The first-order chi connectivity index (χ1) is 6.75. The molecule has 0 atom stereocenters. The van der Waals surface area contributed by atoms with E-state index in [0.717, 1.165) is 11.1 Å². The Balaban J connectivity index is 2.44. The van der Waals surface area contributed by atoms with Gasteiger partial charge < -0.3 is 5.11 Å². The number of hydrogen-bond acceptors (Lipinski definition) is 1. The molecule has 0 aromatic heterocycles. The Labute approximate surface area is 83.6 Å². The maximum atomic E-state index is 9.31. The highest BCUT2D eigenvalue weighted by Gasteiger charge is 1.97. The minimum absolute atomic E-state index is 0.277. The molecule has 0 spiro atoms. The van der Waals surface area contributed by atoms with Gasteiger partial charge in [-0.2, -0.15) is 0 Å². The molecule has 0 saturated heterocycles. The van der Waals surface area contributed by atoms with E-state index < -0.39 is 0 Å². The van der Waals surface area contributed by atoms with E-state index in [9.17, 15) is 5.11 Å². The van der Waals surface area contributed by atoms with E-state index in [4.69, 9.17) is 0 Å². The summed E-state index contributed by atoms with van der Waals surface area (Å²) >= 11 is 0. The second-order valence-corrected chi connectivity index (χ2v) is 3.33. The predicted octanol–water partition coefficient (Wildman–Crippen LogP) is 3.17. The van der Waals surface area contributed by atoms with Crippen molar-refractivity contribution in [2.24, 2.45) is 0 Å². The van der Waals surface area contributed by atoms with Gasteiger partial charge in [0.2, 0.25) is 0 Å². The van der Waals surface area contributed by atoms with Crippen molar-refractivity contribution >= 4 is 0 Å². The quantitative estimate of drug-likeness (QED) is 0.720. The maximum absolute atomic E-state index is 9.31. The Morgan fingerprint density at radius 2 is 1.79 bits per heavy atom. The van der Waals surface area contributed by atoms with Crippen LogP contribution in [-0.2, 0) is 0 Å². The van der Waals surface area contributed by atoms with Crippen molar-refractivity contribution in [3.05, 3.63) is 54.1 Å². The van der Waals surface area contributed by atoms with Crippen molar-refractivity contribution < 1.29 is 5.11 Å². The van der Waals surface area contributed by atoms with Crippen LogP contribution < -0.4 is 0 Å². The number of phenols is 1. The van der Waals surface area contributed by atoms with Crippen LogP contribution in [0.25, 0.3) is 11.1 Å². The Bertz CT molecular complexity index is 429. The van der Waals surface area contributed by atoms with E-state index in [0.29, 0.717) is 0 Å². The summed E-state index contributed by atoms with van der Waals surface area (Å²) in [6.07, 6.45) is 0. The topological polar surface area (TPSA) is 20.2 Å². The van der Waals surface area contributed by atoms with Crippen molar-refractivity contribution in [2.75, 3.05) is 0 Å². The molecule has 0 saturated carbocycles. The third kappa shape index (κ3) is 1.77. The molecule has 1 radical (unpaired) electrons. The molecule has 0 aliphatic carbocycles. The minimum Gasteiger partial charge on any atom is -0.508 e. The monoisotopic (exact) mass is 183 g/mol. The number of benzene rings is 2. The first-order valence-corrected chi connectivity index (χ1v) is 4.53. The molecule has 0 amide bonds. The van der Waals surface area contributed by atoms with Gasteiger partial charge in [0.15, 0.2) is 0 Å². The molecule has 0 heterocycles. The van der Waals surface area contributed by atoms with Crippen LogP contribution in [0.2, 0.25) is 0 Å². The zero-order chi connectivity index (χ0) is 9.97. The summed E-state index contributed by atoms with van der Waals surface area (Å²) in [5.74, 6) is 0.277. The van der Waals surface area contributed by atoms with Crippen molar-refractivity contribution in [1.29, 1.82) is 0 Å². The summed E-state index contributed by atoms with van der Waals surface area (Å²) in [6, 6.07) is 16.3. The lowest BCUT2D eigenvalue weighted by molar-refractivity contribution is 0.475. The molecule has 1 heteroatoms. The van der Waals surface area contributed by atoms with Crippen molar-refractivity contribution in [1.82, 2.24) is 0 Å². The molecule has 1 N–H and O–H groups in total. The lowest BCUT2D eigenvalue weighted by Crippen LogP contribution is -1.78. The zero-order valence-electron chi connectivity index (χ0n) is 7.99. The smallest absolute Gasteiger partial charge is 0.116 e. The van der Waals surface area contributed by atoms with Crippen LogP contribution in [0.4, 0.5) is 0 Å².